The fourth-order valence-electron chi connectivity index (χ4n) is 4.96. The minimum atomic E-state index is -0.191. The van der Waals surface area contributed by atoms with Crippen molar-refractivity contribution in [3.8, 4) is 17.2 Å². The zero-order valence-electron chi connectivity index (χ0n) is 19.8. The van der Waals surface area contributed by atoms with Gasteiger partial charge in [0.2, 0.25) is 5.78 Å². The molecule has 1 saturated carbocycles. The molecule has 0 N–H and O–H groups in total. The highest BCUT2D eigenvalue weighted by Crippen LogP contribution is 2.40. The summed E-state index contributed by atoms with van der Waals surface area (Å²) >= 11 is 0. The number of hydrogen-bond acceptors (Lipinski definition) is 5. The predicted molar refractivity (Wildman–Crippen MR) is 130 cm³/mol. The first kappa shape index (κ1) is 22.3. The van der Waals surface area contributed by atoms with Crippen molar-refractivity contribution in [1.29, 1.82) is 0 Å². The van der Waals surface area contributed by atoms with E-state index in [-0.39, 0.29) is 23.4 Å². The number of fused-ring (bicyclic) bond motifs is 2. The molecule has 1 aromatic heterocycles. The zero-order chi connectivity index (χ0) is 23.8. The molecule has 2 heterocycles. The first-order valence-electron chi connectivity index (χ1n) is 12.0. The summed E-state index contributed by atoms with van der Waals surface area (Å²) in [4.78, 5) is 25.8. The Kier molecular flexibility index (Phi) is 5.90. The number of benzene rings is 2. The van der Waals surface area contributed by atoms with E-state index < -0.39 is 0 Å². The molecule has 0 radical (unpaired) electrons. The van der Waals surface area contributed by atoms with Gasteiger partial charge in [-0.15, -0.1) is 0 Å². The smallest absolute Gasteiger partial charge is 0.314 e. The Balaban J connectivity index is 1.45. The largest absolute Gasteiger partial charge is 0.497 e. The van der Waals surface area contributed by atoms with Gasteiger partial charge in [-0.25, -0.2) is 0 Å². The second-order valence-electron chi connectivity index (χ2n) is 9.01. The number of aromatic nitrogens is 1. The third-order valence-corrected chi connectivity index (χ3v) is 6.93. The Morgan fingerprint density at radius 3 is 2.71 bits per heavy atom. The highest BCUT2D eigenvalue weighted by atomic mass is 16.5. The number of methoxy groups -OCH3 is 1. The predicted octanol–water partition coefficient (Wildman–Crippen LogP) is 6.08. The van der Waals surface area contributed by atoms with E-state index in [1.54, 1.807) is 25.3 Å². The van der Waals surface area contributed by atoms with Crippen LogP contribution in [-0.2, 0) is 11.3 Å². The van der Waals surface area contributed by atoms with Crippen molar-refractivity contribution < 1.29 is 23.8 Å². The molecular formula is C28H29NO5. The highest BCUT2D eigenvalue weighted by molar-refractivity contribution is 6.15. The van der Waals surface area contributed by atoms with Crippen LogP contribution in [0.25, 0.3) is 17.0 Å². The molecule has 6 heteroatoms. The van der Waals surface area contributed by atoms with E-state index in [0.717, 1.165) is 54.4 Å². The second kappa shape index (κ2) is 9.01. The van der Waals surface area contributed by atoms with E-state index in [1.807, 2.05) is 31.3 Å². The van der Waals surface area contributed by atoms with Crippen molar-refractivity contribution in [3.63, 3.8) is 0 Å². The maximum atomic E-state index is 13.1. The first-order valence-corrected chi connectivity index (χ1v) is 12.0. The molecule has 3 aromatic rings. The normalized spacial score (nSPS) is 17.1. The fourth-order valence-corrected chi connectivity index (χ4v) is 4.96. The lowest BCUT2D eigenvalue weighted by atomic mass is 9.89. The maximum Gasteiger partial charge on any atom is 0.314 e. The molecule has 0 spiro atoms. The lowest BCUT2D eigenvalue weighted by Crippen LogP contribution is -2.23. The van der Waals surface area contributed by atoms with Gasteiger partial charge in [-0.05, 0) is 63.1 Å². The Morgan fingerprint density at radius 1 is 1.18 bits per heavy atom. The highest BCUT2D eigenvalue weighted by Gasteiger charge is 2.32. The van der Waals surface area contributed by atoms with Crippen molar-refractivity contribution in [3.05, 3.63) is 59.0 Å². The van der Waals surface area contributed by atoms with E-state index in [4.69, 9.17) is 14.2 Å². The number of nitrogens with zero attached hydrogens (tertiary/aromatic N) is 1. The third-order valence-electron chi connectivity index (χ3n) is 6.93. The van der Waals surface area contributed by atoms with E-state index in [9.17, 15) is 9.59 Å². The number of hydrogen-bond donors (Lipinski definition) is 0. The van der Waals surface area contributed by atoms with Crippen LogP contribution < -0.4 is 14.2 Å². The van der Waals surface area contributed by atoms with Gasteiger partial charge in [0.1, 0.15) is 17.2 Å². The van der Waals surface area contributed by atoms with Crippen LogP contribution in [0, 0.1) is 12.8 Å². The molecule has 0 amide bonds. The van der Waals surface area contributed by atoms with Gasteiger partial charge in [0, 0.05) is 34.8 Å². The summed E-state index contributed by atoms with van der Waals surface area (Å²) < 4.78 is 19.3. The molecule has 2 aliphatic rings. The van der Waals surface area contributed by atoms with Crippen LogP contribution in [0.15, 0.2) is 42.3 Å². The monoisotopic (exact) mass is 459 g/mol. The van der Waals surface area contributed by atoms with E-state index >= 15 is 0 Å². The lowest BCUT2D eigenvalue weighted by molar-refractivity contribution is -0.140. The van der Waals surface area contributed by atoms with Crippen LogP contribution in [0.3, 0.4) is 0 Å². The number of ketones is 1. The van der Waals surface area contributed by atoms with Gasteiger partial charge >= 0.3 is 5.97 Å². The van der Waals surface area contributed by atoms with Crippen LogP contribution in [0.1, 0.15) is 60.5 Å². The number of rotatable bonds is 5. The molecule has 1 fully saturated rings. The average molecular weight is 460 g/mol. The number of carbonyl (C=O) groups excluding carboxylic acids is 2. The zero-order valence-corrected chi connectivity index (χ0v) is 19.8. The van der Waals surface area contributed by atoms with Crippen LogP contribution in [0.2, 0.25) is 0 Å². The SMILES string of the molecule is CCn1cc(/C=C2/Oc3c(ccc(OC(=O)C4CCCCC4)c3C)C2=O)c2cc(OC)ccc21. The number of carbonyl (C=O) groups is 2. The molecule has 0 unspecified atom stereocenters. The third kappa shape index (κ3) is 3.87. The average Bonchev–Trinajstić information content (AvgIpc) is 3.38. The van der Waals surface area contributed by atoms with Crippen LogP contribution in [0.4, 0.5) is 0 Å². The lowest BCUT2D eigenvalue weighted by Gasteiger charge is -2.20. The fraction of sp³-hybridized carbons (Fsp3) is 0.357. The van der Waals surface area contributed by atoms with Crippen molar-refractivity contribution in [2.24, 2.45) is 5.92 Å². The number of ether oxygens (including phenoxy) is 3. The topological polar surface area (TPSA) is 66.8 Å². The number of Topliss-reactive ketones (excluding diaryl/α,β-unsaturated/α-hetero) is 1. The Labute approximate surface area is 199 Å². The summed E-state index contributed by atoms with van der Waals surface area (Å²) in [5.74, 6) is 1.51. The molecule has 0 atom stereocenters. The number of esters is 1. The van der Waals surface area contributed by atoms with Gasteiger partial charge in [0.15, 0.2) is 5.76 Å². The Hall–Kier alpha value is -3.54. The molecular weight excluding hydrogens is 430 g/mol. The Bertz CT molecular complexity index is 1310. The summed E-state index contributed by atoms with van der Waals surface area (Å²) in [6.07, 6.45) is 8.85. The molecule has 176 valence electrons. The van der Waals surface area contributed by atoms with E-state index in [0.29, 0.717) is 22.6 Å². The van der Waals surface area contributed by atoms with Gasteiger partial charge in [0.25, 0.3) is 0 Å². The van der Waals surface area contributed by atoms with Crippen molar-refractivity contribution >= 4 is 28.7 Å². The number of allylic oxidation sites excluding steroid dienone is 1. The minimum absolute atomic E-state index is 0.0488. The first-order chi connectivity index (χ1) is 16.5. The molecule has 0 saturated heterocycles. The summed E-state index contributed by atoms with van der Waals surface area (Å²) in [5.41, 5.74) is 3.09. The molecule has 0 bridgehead atoms. The molecule has 2 aromatic carbocycles. The molecule has 1 aliphatic carbocycles. The quantitative estimate of drug-likeness (QED) is 0.263. The summed E-state index contributed by atoms with van der Waals surface area (Å²) in [6.45, 7) is 4.70. The second-order valence-corrected chi connectivity index (χ2v) is 9.01. The summed E-state index contributed by atoms with van der Waals surface area (Å²) in [7, 11) is 1.64. The van der Waals surface area contributed by atoms with Crippen LogP contribution >= 0.6 is 0 Å². The Morgan fingerprint density at radius 2 is 1.97 bits per heavy atom. The van der Waals surface area contributed by atoms with Gasteiger partial charge in [-0.3, -0.25) is 9.59 Å². The van der Waals surface area contributed by atoms with Crippen molar-refractivity contribution in [1.82, 2.24) is 4.57 Å². The van der Waals surface area contributed by atoms with Crippen molar-refractivity contribution in [2.75, 3.05) is 7.11 Å². The van der Waals surface area contributed by atoms with E-state index in [1.165, 1.54) is 6.42 Å². The number of aryl methyl sites for hydroxylation is 1. The molecule has 6 nitrogen and oxygen atoms in total. The van der Waals surface area contributed by atoms with Crippen LogP contribution in [0.5, 0.6) is 17.2 Å². The summed E-state index contributed by atoms with van der Waals surface area (Å²) in [5, 5.41) is 0.986. The molecule has 1 aliphatic heterocycles. The van der Waals surface area contributed by atoms with E-state index in [2.05, 4.69) is 11.5 Å². The standard InChI is InChI=1S/C28H29NO5/c1-4-29-16-19(22-15-20(32-3)10-12-23(22)29)14-25-26(30)21-11-13-24(17(2)27(21)33-25)34-28(31)18-8-6-5-7-9-18/h10-16,18H,4-9H2,1-3H3/b25-14+. The molecule has 5 rings (SSSR count). The van der Waals surface area contributed by atoms with Gasteiger partial charge in [0.05, 0.1) is 18.6 Å². The molecule has 34 heavy (non-hydrogen) atoms. The van der Waals surface area contributed by atoms with Gasteiger partial charge < -0.3 is 18.8 Å². The minimum Gasteiger partial charge on any atom is -0.497 e. The van der Waals surface area contributed by atoms with Gasteiger partial charge in [-0.1, -0.05) is 19.3 Å². The van der Waals surface area contributed by atoms with Gasteiger partial charge in [-0.2, -0.15) is 0 Å². The summed E-state index contributed by atoms with van der Waals surface area (Å²) in [6, 6.07) is 9.30. The maximum absolute atomic E-state index is 13.1. The van der Waals surface area contributed by atoms with Crippen LogP contribution in [-0.4, -0.2) is 23.4 Å². The van der Waals surface area contributed by atoms with Crippen molar-refractivity contribution in [2.45, 2.75) is 52.5 Å².